The van der Waals surface area contributed by atoms with E-state index in [0.717, 1.165) is 43.1 Å². The third-order valence-electron chi connectivity index (χ3n) is 6.48. The van der Waals surface area contributed by atoms with E-state index in [1.165, 1.54) is 7.11 Å². The smallest absolute Gasteiger partial charge is 0.319 e. The highest BCUT2D eigenvalue weighted by molar-refractivity contribution is 5.46. The van der Waals surface area contributed by atoms with Gasteiger partial charge in [-0.15, -0.1) is 0 Å². The Bertz CT molecular complexity index is 908. The van der Waals surface area contributed by atoms with Crippen LogP contribution in [0.2, 0.25) is 0 Å². The van der Waals surface area contributed by atoms with Gasteiger partial charge < -0.3 is 24.1 Å². The molecule has 0 unspecified atom stereocenters. The van der Waals surface area contributed by atoms with Crippen molar-refractivity contribution >= 4 is 0 Å². The van der Waals surface area contributed by atoms with Crippen molar-refractivity contribution in [1.82, 2.24) is 14.9 Å². The second kappa shape index (κ2) is 8.28. The van der Waals surface area contributed by atoms with E-state index in [1.54, 1.807) is 27.5 Å². The minimum atomic E-state index is -1.02. The first-order valence-corrected chi connectivity index (χ1v) is 10.1. The van der Waals surface area contributed by atoms with Gasteiger partial charge in [0, 0.05) is 37.3 Å². The second-order valence-electron chi connectivity index (χ2n) is 7.96. The molecule has 1 aromatic heterocycles. The van der Waals surface area contributed by atoms with Crippen LogP contribution in [0, 0.1) is 11.8 Å². The van der Waals surface area contributed by atoms with Crippen LogP contribution in [0.15, 0.2) is 24.4 Å². The number of rotatable bonds is 7. The van der Waals surface area contributed by atoms with Crippen molar-refractivity contribution in [3.63, 3.8) is 0 Å². The number of aromatic nitrogens is 2. The van der Waals surface area contributed by atoms with Gasteiger partial charge in [0.15, 0.2) is 11.5 Å². The van der Waals surface area contributed by atoms with Gasteiger partial charge in [0.25, 0.3) is 0 Å². The summed E-state index contributed by atoms with van der Waals surface area (Å²) in [4.78, 5) is 10.9. The Morgan fingerprint density at radius 1 is 1.10 bits per heavy atom. The summed E-state index contributed by atoms with van der Waals surface area (Å²) in [5.74, 6) is 2.35. The van der Waals surface area contributed by atoms with E-state index >= 15 is 0 Å². The van der Waals surface area contributed by atoms with Crippen molar-refractivity contribution in [2.24, 2.45) is 11.8 Å². The molecule has 162 valence electrons. The van der Waals surface area contributed by atoms with Crippen LogP contribution >= 0.6 is 0 Å². The van der Waals surface area contributed by atoms with Crippen molar-refractivity contribution in [2.75, 3.05) is 41.5 Å². The topological polar surface area (TPSA) is 86.2 Å². The summed E-state index contributed by atoms with van der Waals surface area (Å²) in [6.07, 6.45) is 3.26. The Balaban J connectivity index is 1.57. The number of likely N-dealkylation sites (tertiary alicyclic amines) is 1. The molecule has 8 nitrogen and oxygen atoms in total. The number of nitrogens with zero attached hydrogens (tertiary/aromatic N) is 3. The number of benzene rings is 1. The molecule has 1 aliphatic heterocycles. The summed E-state index contributed by atoms with van der Waals surface area (Å²) in [5.41, 5.74) is 0.694. The lowest BCUT2D eigenvalue weighted by atomic mass is 9.83. The molecule has 2 aromatic rings. The maximum atomic E-state index is 11.7. The fourth-order valence-corrected chi connectivity index (χ4v) is 5.07. The predicted molar refractivity (Wildman–Crippen MR) is 110 cm³/mol. The number of methoxy groups -OCH3 is 4. The number of ether oxygens (including phenoxy) is 4. The third-order valence-corrected chi connectivity index (χ3v) is 6.48. The van der Waals surface area contributed by atoms with Crippen molar-refractivity contribution < 1.29 is 24.1 Å². The molecule has 0 amide bonds. The first kappa shape index (κ1) is 20.7. The van der Waals surface area contributed by atoms with Crippen molar-refractivity contribution in [3.8, 4) is 23.4 Å². The van der Waals surface area contributed by atoms with Gasteiger partial charge in [-0.25, -0.2) is 4.98 Å². The molecule has 2 fully saturated rings. The highest BCUT2D eigenvalue weighted by atomic mass is 16.5. The van der Waals surface area contributed by atoms with Gasteiger partial charge in [-0.1, -0.05) is 12.1 Å². The van der Waals surface area contributed by atoms with Crippen molar-refractivity contribution in [2.45, 2.75) is 25.0 Å². The maximum Gasteiger partial charge on any atom is 0.319 e. The zero-order valence-corrected chi connectivity index (χ0v) is 17.9. The Morgan fingerprint density at radius 3 is 2.63 bits per heavy atom. The monoisotopic (exact) mass is 415 g/mol. The molecule has 0 radical (unpaired) electrons. The average molecular weight is 415 g/mol. The molecule has 4 rings (SSSR count). The van der Waals surface area contributed by atoms with Crippen molar-refractivity contribution in [3.05, 3.63) is 35.5 Å². The molecule has 8 heteroatoms. The van der Waals surface area contributed by atoms with Crippen LogP contribution in [-0.4, -0.2) is 61.5 Å². The molecule has 30 heavy (non-hydrogen) atoms. The second-order valence-corrected chi connectivity index (χ2v) is 7.96. The predicted octanol–water partition coefficient (Wildman–Crippen LogP) is 2.24. The van der Waals surface area contributed by atoms with Crippen LogP contribution in [0.5, 0.6) is 23.4 Å². The number of aliphatic hydroxyl groups is 1. The SMILES string of the molecule is COc1ncc([C@]2(O)CC[C@H]3CN(Cc4cccc(OC)c4OC)C[C@H]32)c(OC)n1. The molecular formula is C22H29N3O5. The summed E-state index contributed by atoms with van der Waals surface area (Å²) < 4.78 is 21.6. The lowest BCUT2D eigenvalue weighted by Gasteiger charge is -2.31. The van der Waals surface area contributed by atoms with Gasteiger partial charge in [0.05, 0.1) is 34.0 Å². The largest absolute Gasteiger partial charge is 0.493 e. The van der Waals surface area contributed by atoms with Crippen LogP contribution in [0.4, 0.5) is 0 Å². The molecule has 0 bridgehead atoms. The summed E-state index contributed by atoms with van der Waals surface area (Å²) >= 11 is 0. The van der Waals surface area contributed by atoms with Gasteiger partial charge in [-0.3, -0.25) is 4.90 Å². The van der Waals surface area contributed by atoms with Crippen molar-refractivity contribution in [1.29, 1.82) is 0 Å². The number of para-hydroxylation sites is 1. The molecular weight excluding hydrogens is 386 g/mol. The molecule has 0 spiro atoms. The van der Waals surface area contributed by atoms with E-state index in [2.05, 4.69) is 20.9 Å². The standard InChI is InChI=1S/C22H29N3O5/c1-27-18-7-5-6-15(19(18)28-2)12-25-11-14-8-9-22(26,17(14)13-25)16-10-23-21(30-4)24-20(16)29-3/h5-7,10,14,17,26H,8-9,11-13H2,1-4H3/t14-,17+,22+/m0/s1. The lowest BCUT2D eigenvalue weighted by molar-refractivity contribution is -0.00974. The summed E-state index contributed by atoms with van der Waals surface area (Å²) in [6.45, 7) is 2.43. The molecule has 1 N–H and O–H groups in total. The highest BCUT2D eigenvalue weighted by Gasteiger charge is 2.54. The van der Waals surface area contributed by atoms with E-state index in [9.17, 15) is 5.11 Å². The van der Waals surface area contributed by atoms with Gasteiger partial charge >= 0.3 is 6.01 Å². The summed E-state index contributed by atoms with van der Waals surface area (Å²) in [5, 5.41) is 11.7. The minimum Gasteiger partial charge on any atom is -0.493 e. The normalized spacial score (nSPS) is 25.8. The molecule has 1 aliphatic carbocycles. The molecule has 3 atom stereocenters. The number of hydrogen-bond donors (Lipinski definition) is 1. The summed E-state index contributed by atoms with van der Waals surface area (Å²) in [6, 6.07) is 6.16. The molecule has 1 saturated carbocycles. The van der Waals surface area contributed by atoms with Gasteiger partial charge in [-0.2, -0.15) is 4.98 Å². The van der Waals surface area contributed by atoms with E-state index in [1.807, 2.05) is 12.1 Å². The Morgan fingerprint density at radius 2 is 1.93 bits per heavy atom. The first-order chi connectivity index (χ1) is 14.5. The van der Waals surface area contributed by atoms with Crippen LogP contribution in [0.3, 0.4) is 0 Å². The Kier molecular flexibility index (Phi) is 5.71. The highest BCUT2D eigenvalue weighted by Crippen LogP contribution is 2.52. The number of hydrogen-bond acceptors (Lipinski definition) is 8. The molecule has 2 aliphatic rings. The average Bonchev–Trinajstić information content (AvgIpc) is 3.32. The third kappa shape index (κ3) is 3.44. The quantitative estimate of drug-likeness (QED) is 0.737. The van der Waals surface area contributed by atoms with Crippen LogP contribution in [-0.2, 0) is 12.1 Å². The fraction of sp³-hybridized carbons (Fsp3) is 0.545. The van der Waals surface area contributed by atoms with E-state index in [4.69, 9.17) is 18.9 Å². The van der Waals surface area contributed by atoms with Gasteiger partial charge in [-0.05, 0) is 24.8 Å². The van der Waals surface area contributed by atoms with Crippen LogP contribution in [0.1, 0.15) is 24.0 Å². The fourth-order valence-electron chi connectivity index (χ4n) is 5.07. The zero-order chi connectivity index (χ0) is 21.3. The number of fused-ring (bicyclic) bond motifs is 1. The van der Waals surface area contributed by atoms with Crippen LogP contribution < -0.4 is 18.9 Å². The zero-order valence-electron chi connectivity index (χ0n) is 17.9. The molecule has 1 saturated heterocycles. The van der Waals surface area contributed by atoms with Crippen LogP contribution in [0.25, 0.3) is 0 Å². The molecule has 1 aromatic carbocycles. The van der Waals surface area contributed by atoms with E-state index < -0.39 is 5.60 Å². The van der Waals surface area contributed by atoms with E-state index in [-0.39, 0.29) is 11.9 Å². The van der Waals surface area contributed by atoms with E-state index in [0.29, 0.717) is 23.8 Å². The summed E-state index contributed by atoms with van der Waals surface area (Å²) in [7, 11) is 6.37. The maximum absolute atomic E-state index is 11.7. The Labute approximate surface area is 176 Å². The van der Waals surface area contributed by atoms with Gasteiger partial charge in [0.2, 0.25) is 5.88 Å². The lowest BCUT2D eigenvalue weighted by Crippen LogP contribution is -2.35. The first-order valence-electron chi connectivity index (χ1n) is 10.1. The van der Waals surface area contributed by atoms with Gasteiger partial charge in [0.1, 0.15) is 5.60 Å². The molecule has 2 heterocycles. The Hall–Kier alpha value is -2.58. The minimum absolute atomic E-state index is 0.0833.